The Kier molecular flexibility index (Phi) is 5.87. The monoisotopic (exact) mass is 310 g/mol. The number of rotatable bonds is 9. The fraction of sp³-hybridized carbons (Fsp3) is 0.667. The second kappa shape index (κ2) is 7.66. The van der Waals surface area contributed by atoms with Crippen molar-refractivity contribution in [3.05, 3.63) is 10.9 Å². The van der Waals surface area contributed by atoms with Crippen LogP contribution in [0.3, 0.4) is 0 Å². The number of nitrogens with one attached hydrogen (secondary N) is 2. The lowest BCUT2D eigenvalue weighted by atomic mass is 10.3. The summed E-state index contributed by atoms with van der Waals surface area (Å²) in [6.07, 6.45) is 3.35. The van der Waals surface area contributed by atoms with Crippen LogP contribution in [0.2, 0.25) is 0 Å². The Morgan fingerprint density at radius 2 is 2.19 bits per heavy atom. The minimum Gasteiger partial charge on any atom is -0.397 e. The van der Waals surface area contributed by atoms with Crippen LogP contribution in [0.5, 0.6) is 0 Å². The molecule has 0 atom stereocenters. The number of anilines is 2. The van der Waals surface area contributed by atoms with E-state index in [1.807, 2.05) is 6.07 Å². The summed E-state index contributed by atoms with van der Waals surface area (Å²) in [6.45, 7) is 8.44. The molecule has 1 saturated carbocycles. The van der Waals surface area contributed by atoms with Crippen molar-refractivity contribution >= 4 is 27.9 Å². The normalized spacial score (nSPS) is 14.4. The number of nitrogen functional groups attached to an aromatic ring is 1. The lowest BCUT2D eigenvalue weighted by Crippen LogP contribution is -2.29. The van der Waals surface area contributed by atoms with E-state index in [9.17, 15) is 4.79 Å². The minimum absolute atomic E-state index is 0.0331. The second-order valence-electron chi connectivity index (χ2n) is 5.50. The molecule has 21 heavy (non-hydrogen) atoms. The maximum absolute atomic E-state index is 12.0. The first-order valence-corrected chi connectivity index (χ1v) is 8.62. The summed E-state index contributed by atoms with van der Waals surface area (Å²) in [6, 6.07) is 2.23. The zero-order valence-corrected chi connectivity index (χ0v) is 13.8. The number of carbonyl (C=O) groups is 1. The maximum atomic E-state index is 12.0. The van der Waals surface area contributed by atoms with Gasteiger partial charge in [-0.25, -0.2) is 0 Å². The number of likely N-dealkylation sites (N-methyl/N-ethyl adjacent to an activating group) is 1. The van der Waals surface area contributed by atoms with Crippen molar-refractivity contribution in [1.29, 1.82) is 0 Å². The molecule has 1 aliphatic carbocycles. The van der Waals surface area contributed by atoms with E-state index in [0.717, 1.165) is 44.0 Å². The first-order valence-electron chi connectivity index (χ1n) is 7.80. The zero-order chi connectivity index (χ0) is 15.2. The number of hydrogen-bond donors (Lipinski definition) is 3. The highest BCUT2D eigenvalue weighted by atomic mass is 32.1. The molecule has 4 N–H and O–H groups in total. The Morgan fingerprint density at radius 3 is 2.81 bits per heavy atom. The molecule has 0 spiro atoms. The molecule has 1 fully saturated rings. The highest BCUT2D eigenvalue weighted by Crippen LogP contribution is 2.30. The minimum atomic E-state index is -0.0331. The van der Waals surface area contributed by atoms with Gasteiger partial charge in [0.25, 0.3) is 5.91 Å². The maximum Gasteiger partial charge on any atom is 0.263 e. The summed E-state index contributed by atoms with van der Waals surface area (Å²) in [5, 5.41) is 7.32. The molecule has 1 aromatic rings. The van der Waals surface area contributed by atoms with E-state index >= 15 is 0 Å². The molecule has 0 saturated heterocycles. The molecule has 6 heteroatoms. The van der Waals surface area contributed by atoms with E-state index in [1.165, 1.54) is 17.8 Å². The van der Waals surface area contributed by atoms with Crippen molar-refractivity contribution in [2.75, 3.05) is 37.2 Å². The third-order valence-corrected chi connectivity index (χ3v) is 4.70. The van der Waals surface area contributed by atoms with Gasteiger partial charge >= 0.3 is 0 Å². The third-order valence-electron chi connectivity index (χ3n) is 3.59. The van der Waals surface area contributed by atoms with Crippen LogP contribution in [-0.2, 0) is 0 Å². The summed E-state index contributed by atoms with van der Waals surface area (Å²) < 4.78 is 0. The lowest BCUT2D eigenvalue weighted by molar-refractivity contribution is 0.0956. The molecule has 0 unspecified atom stereocenters. The summed E-state index contributed by atoms with van der Waals surface area (Å²) in [5.41, 5.74) is 6.51. The van der Waals surface area contributed by atoms with Crippen LogP contribution < -0.4 is 16.4 Å². The average molecular weight is 310 g/mol. The largest absolute Gasteiger partial charge is 0.397 e. The Balaban J connectivity index is 1.82. The Morgan fingerprint density at radius 1 is 1.43 bits per heavy atom. The summed E-state index contributed by atoms with van der Waals surface area (Å²) in [4.78, 5) is 15.1. The van der Waals surface area contributed by atoms with Gasteiger partial charge in [0.1, 0.15) is 4.88 Å². The third kappa shape index (κ3) is 4.89. The SMILES string of the molecule is CCCN(CC)CCNc1cc(N)c(C(=O)NC2CC2)s1. The Bertz CT molecular complexity index is 470. The number of carbonyl (C=O) groups excluding carboxylic acids is 1. The standard InChI is InChI=1S/C15H26N4OS/c1-3-8-19(4-2)9-7-17-13-10-12(16)14(21-13)15(20)18-11-5-6-11/h10-11,17H,3-9,16H2,1-2H3,(H,18,20). The van der Waals surface area contributed by atoms with E-state index in [1.54, 1.807) is 0 Å². The van der Waals surface area contributed by atoms with Gasteiger partial charge in [-0.3, -0.25) is 4.79 Å². The summed E-state index contributed by atoms with van der Waals surface area (Å²) in [5.74, 6) is -0.0331. The molecule has 5 nitrogen and oxygen atoms in total. The van der Waals surface area contributed by atoms with Crippen molar-refractivity contribution in [2.24, 2.45) is 0 Å². The number of thiophene rings is 1. The van der Waals surface area contributed by atoms with Crippen LogP contribution in [0, 0.1) is 0 Å². The first-order chi connectivity index (χ1) is 10.1. The molecule has 1 heterocycles. The Labute approximate surface area is 130 Å². The van der Waals surface area contributed by atoms with Crippen LogP contribution >= 0.6 is 11.3 Å². The van der Waals surface area contributed by atoms with E-state index < -0.39 is 0 Å². The lowest BCUT2D eigenvalue weighted by Gasteiger charge is -2.19. The molecule has 0 aromatic carbocycles. The van der Waals surface area contributed by atoms with E-state index in [-0.39, 0.29) is 5.91 Å². The molecule has 0 aliphatic heterocycles. The molecule has 1 aromatic heterocycles. The highest BCUT2D eigenvalue weighted by molar-refractivity contribution is 7.18. The first kappa shape index (κ1) is 16.1. The van der Waals surface area contributed by atoms with E-state index in [0.29, 0.717) is 16.6 Å². The van der Waals surface area contributed by atoms with Gasteiger partial charge in [0.05, 0.1) is 10.7 Å². The predicted molar refractivity (Wildman–Crippen MR) is 90.1 cm³/mol. The summed E-state index contributed by atoms with van der Waals surface area (Å²) >= 11 is 1.44. The average Bonchev–Trinajstić information content (AvgIpc) is 3.19. The van der Waals surface area contributed by atoms with Crippen molar-refractivity contribution in [3.63, 3.8) is 0 Å². The van der Waals surface area contributed by atoms with Gasteiger partial charge in [-0.2, -0.15) is 0 Å². The fourth-order valence-corrected chi connectivity index (χ4v) is 3.14. The number of amides is 1. The van der Waals surface area contributed by atoms with Gasteiger partial charge < -0.3 is 21.3 Å². The van der Waals surface area contributed by atoms with Crippen LogP contribution in [-0.4, -0.2) is 43.0 Å². The Hall–Kier alpha value is -1.27. The second-order valence-corrected chi connectivity index (χ2v) is 6.56. The van der Waals surface area contributed by atoms with Crippen LogP contribution in [0.25, 0.3) is 0 Å². The van der Waals surface area contributed by atoms with Crippen molar-refractivity contribution in [2.45, 2.75) is 39.2 Å². The van der Waals surface area contributed by atoms with Crippen molar-refractivity contribution < 1.29 is 4.79 Å². The summed E-state index contributed by atoms with van der Waals surface area (Å²) in [7, 11) is 0. The van der Waals surface area contributed by atoms with Crippen LogP contribution in [0.1, 0.15) is 42.8 Å². The van der Waals surface area contributed by atoms with Gasteiger partial charge in [-0.15, -0.1) is 11.3 Å². The molecule has 1 amide bonds. The molecular formula is C15H26N4OS. The number of nitrogens with two attached hydrogens (primary N) is 1. The van der Waals surface area contributed by atoms with E-state index in [4.69, 9.17) is 5.73 Å². The molecule has 0 bridgehead atoms. The smallest absolute Gasteiger partial charge is 0.263 e. The fourth-order valence-electron chi connectivity index (χ4n) is 2.23. The number of nitrogens with zero attached hydrogens (tertiary/aromatic N) is 1. The zero-order valence-electron chi connectivity index (χ0n) is 12.9. The molecule has 118 valence electrons. The molecule has 0 radical (unpaired) electrons. The van der Waals surface area contributed by atoms with Gasteiger partial charge in [-0.1, -0.05) is 13.8 Å². The molecular weight excluding hydrogens is 284 g/mol. The van der Waals surface area contributed by atoms with Gasteiger partial charge in [0.2, 0.25) is 0 Å². The van der Waals surface area contributed by atoms with Gasteiger partial charge in [-0.05, 0) is 38.4 Å². The predicted octanol–water partition coefficient (Wildman–Crippen LogP) is 2.37. The van der Waals surface area contributed by atoms with Crippen molar-refractivity contribution in [1.82, 2.24) is 10.2 Å². The topological polar surface area (TPSA) is 70.4 Å². The van der Waals surface area contributed by atoms with E-state index in [2.05, 4.69) is 29.4 Å². The van der Waals surface area contributed by atoms with Crippen LogP contribution in [0.15, 0.2) is 6.07 Å². The van der Waals surface area contributed by atoms with Crippen molar-refractivity contribution in [3.8, 4) is 0 Å². The molecule has 2 rings (SSSR count). The highest BCUT2D eigenvalue weighted by Gasteiger charge is 2.25. The van der Waals surface area contributed by atoms with Crippen LogP contribution in [0.4, 0.5) is 10.7 Å². The van der Waals surface area contributed by atoms with Gasteiger partial charge in [0.15, 0.2) is 0 Å². The quantitative estimate of drug-likeness (QED) is 0.655. The molecule has 1 aliphatic rings. The van der Waals surface area contributed by atoms with Gasteiger partial charge in [0, 0.05) is 19.1 Å². The number of hydrogen-bond acceptors (Lipinski definition) is 5.